The van der Waals surface area contributed by atoms with Gasteiger partial charge in [0.15, 0.2) is 0 Å². The zero-order chi connectivity index (χ0) is 13.7. The molecule has 2 unspecified atom stereocenters. The molecule has 106 valence electrons. The number of hydrogen-bond donors (Lipinski definition) is 1. The smallest absolute Gasteiger partial charge is 0.0605 e. The fraction of sp³-hybridized carbons (Fsp3) is 0.688. The van der Waals surface area contributed by atoms with Crippen molar-refractivity contribution >= 4 is 0 Å². The minimum atomic E-state index is 0.454. The molecule has 0 spiro atoms. The van der Waals surface area contributed by atoms with E-state index in [9.17, 15) is 0 Å². The lowest BCUT2D eigenvalue weighted by Gasteiger charge is -2.28. The van der Waals surface area contributed by atoms with Gasteiger partial charge in [-0.25, -0.2) is 0 Å². The summed E-state index contributed by atoms with van der Waals surface area (Å²) in [5, 5.41) is 3.68. The van der Waals surface area contributed by atoms with Crippen molar-refractivity contribution in [3.05, 3.63) is 29.6 Å². The second-order valence-corrected chi connectivity index (χ2v) is 5.68. The molecule has 0 radical (unpaired) electrons. The minimum absolute atomic E-state index is 0.454. The maximum absolute atomic E-state index is 4.57. The molecule has 19 heavy (non-hydrogen) atoms. The first-order chi connectivity index (χ1) is 9.22. The van der Waals surface area contributed by atoms with Gasteiger partial charge in [-0.1, -0.05) is 13.0 Å². The van der Waals surface area contributed by atoms with Crippen LogP contribution in [0.15, 0.2) is 18.3 Å². The van der Waals surface area contributed by atoms with Gasteiger partial charge in [-0.05, 0) is 51.3 Å². The Hall–Kier alpha value is -0.930. The van der Waals surface area contributed by atoms with E-state index in [0.29, 0.717) is 12.1 Å². The van der Waals surface area contributed by atoms with Gasteiger partial charge in [-0.2, -0.15) is 0 Å². The molecule has 0 fully saturated rings. The fourth-order valence-electron chi connectivity index (χ4n) is 2.76. The van der Waals surface area contributed by atoms with Crippen molar-refractivity contribution < 1.29 is 0 Å². The summed E-state index contributed by atoms with van der Waals surface area (Å²) in [4.78, 5) is 7.00. The minimum Gasteiger partial charge on any atom is -0.307 e. The van der Waals surface area contributed by atoms with Crippen LogP contribution in [0.3, 0.4) is 0 Å². The number of aryl methyl sites for hydroxylation is 1. The van der Waals surface area contributed by atoms with Gasteiger partial charge in [0.05, 0.1) is 5.69 Å². The van der Waals surface area contributed by atoms with E-state index in [-0.39, 0.29) is 0 Å². The van der Waals surface area contributed by atoms with Crippen LogP contribution in [-0.4, -0.2) is 36.1 Å². The van der Waals surface area contributed by atoms with Crippen molar-refractivity contribution in [3.63, 3.8) is 0 Å². The lowest BCUT2D eigenvalue weighted by molar-refractivity contribution is 0.246. The van der Waals surface area contributed by atoms with Crippen molar-refractivity contribution in [2.45, 2.75) is 51.6 Å². The van der Waals surface area contributed by atoms with Crippen LogP contribution >= 0.6 is 0 Å². The molecular formula is C16H27N3. The summed E-state index contributed by atoms with van der Waals surface area (Å²) in [6.07, 6.45) is 6.82. The first-order valence-corrected chi connectivity index (χ1v) is 7.59. The maximum Gasteiger partial charge on any atom is 0.0605 e. The van der Waals surface area contributed by atoms with Crippen molar-refractivity contribution in [3.8, 4) is 0 Å². The van der Waals surface area contributed by atoms with Crippen LogP contribution < -0.4 is 5.32 Å². The van der Waals surface area contributed by atoms with Crippen LogP contribution in [0.1, 0.15) is 50.4 Å². The van der Waals surface area contributed by atoms with E-state index in [2.05, 4.69) is 48.2 Å². The van der Waals surface area contributed by atoms with Gasteiger partial charge in [-0.3, -0.25) is 4.98 Å². The van der Waals surface area contributed by atoms with E-state index in [1.54, 1.807) is 0 Å². The summed E-state index contributed by atoms with van der Waals surface area (Å²) in [5.74, 6) is 0. The molecule has 1 aromatic heterocycles. The van der Waals surface area contributed by atoms with Crippen LogP contribution in [0.4, 0.5) is 0 Å². The molecule has 0 amide bonds. The standard InChI is InChI=1S/C16H27N3/c1-4-13(2)19(3)12-11-17-15-9-5-7-14-8-6-10-18-16(14)15/h6,8,10,13,15,17H,4-5,7,9,11-12H2,1-3H3. The molecule has 2 atom stereocenters. The number of pyridine rings is 1. The van der Waals surface area contributed by atoms with E-state index in [1.807, 2.05) is 6.20 Å². The van der Waals surface area contributed by atoms with Crippen LogP contribution in [0.25, 0.3) is 0 Å². The van der Waals surface area contributed by atoms with E-state index in [4.69, 9.17) is 0 Å². The molecule has 1 aromatic rings. The summed E-state index contributed by atoms with van der Waals surface area (Å²) >= 11 is 0. The lowest BCUT2D eigenvalue weighted by Crippen LogP contribution is -2.37. The molecule has 3 nitrogen and oxygen atoms in total. The first-order valence-electron chi connectivity index (χ1n) is 7.59. The van der Waals surface area contributed by atoms with Gasteiger partial charge < -0.3 is 10.2 Å². The highest BCUT2D eigenvalue weighted by Gasteiger charge is 2.20. The van der Waals surface area contributed by atoms with Gasteiger partial charge >= 0.3 is 0 Å². The number of likely N-dealkylation sites (N-methyl/N-ethyl adjacent to an activating group) is 1. The molecule has 1 heterocycles. The Labute approximate surface area is 117 Å². The van der Waals surface area contributed by atoms with Crippen molar-refractivity contribution in [2.75, 3.05) is 20.1 Å². The molecule has 3 heteroatoms. The Morgan fingerprint density at radius 1 is 1.53 bits per heavy atom. The predicted molar refractivity (Wildman–Crippen MR) is 80.3 cm³/mol. The third-order valence-electron chi connectivity index (χ3n) is 4.39. The molecule has 0 aliphatic heterocycles. The van der Waals surface area contributed by atoms with Crippen LogP contribution in [0.5, 0.6) is 0 Å². The van der Waals surface area contributed by atoms with Crippen molar-refractivity contribution in [2.24, 2.45) is 0 Å². The van der Waals surface area contributed by atoms with Gasteiger partial charge in [0.1, 0.15) is 0 Å². The lowest BCUT2D eigenvalue weighted by atomic mass is 9.92. The monoisotopic (exact) mass is 261 g/mol. The second kappa shape index (κ2) is 7.01. The molecule has 0 saturated carbocycles. The van der Waals surface area contributed by atoms with Gasteiger partial charge in [0.25, 0.3) is 0 Å². The fourth-order valence-corrected chi connectivity index (χ4v) is 2.76. The van der Waals surface area contributed by atoms with E-state index in [1.165, 1.54) is 36.9 Å². The summed E-state index contributed by atoms with van der Waals surface area (Å²) in [5.41, 5.74) is 2.71. The van der Waals surface area contributed by atoms with E-state index < -0.39 is 0 Å². The highest BCUT2D eigenvalue weighted by Crippen LogP contribution is 2.27. The number of rotatable bonds is 6. The summed E-state index contributed by atoms with van der Waals surface area (Å²) in [7, 11) is 2.21. The average Bonchev–Trinajstić information content (AvgIpc) is 2.46. The number of nitrogens with one attached hydrogen (secondary N) is 1. The predicted octanol–water partition coefficient (Wildman–Crippen LogP) is 2.78. The van der Waals surface area contributed by atoms with Gasteiger partial charge in [-0.15, -0.1) is 0 Å². The summed E-state index contributed by atoms with van der Waals surface area (Å²) in [6, 6.07) is 5.40. The van der Waals surface area contributed by atoms with Crippen molar-refractivity contribution in [1.29, 1.82) is 0 Å². The van der Waals surface area contributed by atoms with Gasteiger partial charge in [0, 0.05) is 31.4 Å². The Morgan fingerprint density at radius 3 is 3.16 bits per heavy atom. The zero-order valence-electron chi connectivity index (χ0n) is 12.5. The summed E-state index contributed by atoms with van der Waals surface area (Å²) < 4.78 is 0. The molecule has 1 aliphatic rings. The number of nitrogens with zero attached hydrogens (tertiary/aromatic N) is 2. The van der Waals surface area contributed by atoms with E-state index in [0.717, 1.165) is 13.1 Å². The number of aromatic nitrogens is 1. The number of fused-ring (bicyclic) bond motifs is 1. The third kappa shape index (κ3) is 3.77. The van der Waals surface area contributed by atoms with Crippen LogP contribution in [0, 0.1) is 0 Å². The Balaban J connectivity index is 1.84. The highest BCUT2D eigenvalue weighted by atomic mass is 15.1. The average molecular weight is 261 g/mol. The Bertz CT molecular complexity index is 391. The topological polar surface area (TPSA) is 28.2 Å². The second-order valence-electron chi connectivity index (χ2n) is 5.68. The molecule has 1 aliphatic carbocycles. The maximum atomic E-state index is 4.57. The van der Waals surface area contributed by atoms with Crippen LogP contribution in [-0.2, 0) is 6.42 Å². The Kier molecular flexibility index (Phi) is 5.34. The molecule has 1 N–H and O–H groups in total. The number of hydrogen-bond acceptors (Lipinski definition) is 3. The largest absolute Gasteiger partial charge is 0.307 e. The van der Waals surface area contributed by atoms with Crippen LogP contribution in [0.2, 0.25) is 0 Å². The van der Waals surface area contributed by atoms with Crippen molar-refractivity contribution in [1.82, 2.24) is 15.2 Å². The SMILES string of the molecule is CCC(C)N(C)CCNC1CCCc2cccnc21. The molecule has 2 rings (SSSR count). The third-order valence-corrected chi connectivity index (χ3v) is 4.39. The Morgan fingerprint density at radius 2 is 2.37 bits per heavy atom. The molecule has 0 saturated heterocycles. The van der Waals surface area contributed by atoms with E-state index >= 15 is 0 Å². The first kappa shape index (κ1) is 14.5. The molecule has 0 bridgehead atoms. The molecule has 0 aromatic carbocycles. The van der Waals surface area contributed by atoms with Gasteiger partial charge in [0.2, 0.25) is 0 Å². The zero-order valence-corrected chi connectivity index (χ0v) is 12.5. The quantitative estimate of drug-likeness (QED) is 0.853. The highest BCUT2D eigenvalue weighted by molar-refractivity contribution is 5.25. The normalized spacial score (nSPS) is 20.3. The summed E-state index contributed by atoms with van der Waals surface area (Å²) in [6.45, 7) is 6.68. The molecular weight excluding hydrogens is 234 g/mol.